The van der Waals surface area contributed by atoms with Crippen molar-refractivity contribution in [1.29, 1.82) is 0 Å². The van der Waals surface area contributed by atoms with Crippen molar-refractivity contribution in [3.05, 3.63) is 95.3 Å². The van der Waals surface area contributed by atoms with Crippen molar-refractivity contribution >= 4 is 11.4 Å². The summed E-state index contributed by atoms with van der Waals surface area (Å²) in [4.78, 5) is 4.88. The summed E-state index contributed by atoms with van der Waals surface area (Å²) >= 11 is 0. The van der Waals surface area contributed by atoms with Crippen LogP contribution in [0, 0.1) is 5.82 Å². The maximum Gasteiger partial charge on any atom is 0.129 e. The molecular weight excluding hydrogens is 311 g/mol. The monoisotopic (exact) mass is 330 g/mol. The zero-order chi connectivity index (χ0) is 16.8. The second kappa shape index (κ2) is 5.62. The van der Waals surface area contributed by atoms with Crippen molar-refractivity contribution in [2.75, 3.05) is 16.3 Å². The summed E-state index contributed by atoms with van der Waals surface area (Å²) in [6.45, 7) is 1.83. The molecule has 2 aliphatic rings. The van der Waals surface area contributed by atoms with Gasteiger partial charge in [0.1, 0.15) is 12.0 Å². The minimum Gasteiger partial charge on any atom is -0.347 e. The molecule has 3 heteroatoms. The van der Waals surface area contributed by atoms with Crippen LogP contribution >= 0.6 is 0 Å². The van der Waals surface area contributed by atoms with Crippen LogP contribution in [0.3, 0.4) is 0 Å². The van der Waals surface area contributed by atoms with Gasteiger partial charge in [-0.25, -0.2) is 4.39 Å². The van der Waals surface area contributed by atoms with Gasteiger partial charge in [-0.3, -0.25) is 0 Å². The summed E-state index contributed by atoms with van der Waals surface area (Å²) in [7, 11) is 0. The average Bonchev–Trinajstić information content (AvgIpc) is 2.67. The van der Waals surface area contributed by atoms with Gasteiger partial charge in [-0.05, 0) is 53.4 Å². The van der Waals surface area contributed by atoms with E-state index in [1.807, 2.05) is 12.1 Å². The van der Waals surface area contributed by atoms with E-state index in [4.69, 9.17) is 0 Å². The summed E-state index contributed by atoms with van der Waals surface area (Å²) < 4.78 is 13.4. The highest BCUT2D eigenvalue weighted by atomic mass is 19.1. The highest BCUT2D eigenvalue weighted by Gasteiger charge is 2.37. The summed E-state index contributed by atoms with van der Waals surface area (Å²) in [6, 6.07) is 24.2. The zero-order valence-corrected chi connectivity index (χ0v) is 13.9. The molecule has 0 aromatic heterocycles. The fourth-order valence-corrected chi connectivity index (χ4v) is 4.19. The van der Waals surface area contributed by atoms with Gasteiger partial charge in [0.05, 0.1) is 0 Å². The summed E-state index contributed by atoms with van der Waals surface area (Å²) in [5.41, 5.74) is 6.47. The van der Waals surface area contributed by atoms with Crippen molar-refractivity contribution in [1.82, 2.24) is 0 Å². The van der Waals surface area contributed by atoms with E-state index in [9.17, 15) is 4.39 Å². The van der Waals surface area contributed by atoms with Crippen molar-refractivity contribution in [2.24, 2.45) is 0 Å². The number of hydrogen-bond acceptors (Lipinski definition) is 2. The largest absolute Gasteiger partial charge is 0.347 e. The molecule has 0 saturated carbocycles. The number of rotatable bonds is 1. The molecule has 0 saturated heterocycles. The Labute approximate surface area is 147 Å². The van der Waals surface area contributed by atoms with Crippen molar-refractivity contribution in [2.45, 2.75) is 19.1 Å². The standard InChI is InChI=1S/C22H19FN2/c23-18-9-11-19(12-10-18)25-15-17-6-2-4-8-21(17)24-14-13-16-5-1-3-7-20(16)22(24)25/h1-12,22H,13-15H2. The van der Waals surface area contributed by atoms with E-state index < -0.39 is 0 Å². The van der Waals surface area contributed by atoms with E-state index in [0.29, 0.717) is 0 Å². The lowest BCUT2D eigenvalue weighted by molar-refractivity contribution is 0.519. The van der Waals surface area contributed by atoms with Crippen LogP contribution in [-0.2, 0) is 13.0 Å². The fourth-order valence-electron chi connectivity index (χ4n) is 4.19. The molecule has 124 valence electrons. The van der Waals surface area contributed by atoms with Crippen LogP contribution in [0.1, 0.15) is 22.9 Å². The first-order valence-corrected chi connectivity index (χ1v) is 8.76. The molecule has 1 unspecified atom stereocenters. The molecule has 0 amide bonds. The zero-order valence-electron chi connectivity index (χ0n) is 13.9. The SMILES string of the molecule is Fc1ccc(N2Cc3ccccc3N3CCc4ccccc4C23)cc1. The lowest BCUT2D eigenvalue weighted by Crippen LogP contribution is -2.49. The lowest BCUT2D eigenvalue weighted by Gasteiger charge is -2.50. The molecule has 0 bridgehead atoms. The predicted molar refractivity (Wildman–Crippen MR) is 99.3 cm³/mol. The molecule has 0 fully saturated rings. The van der Waals surface area contributed by atoms with E-state index in [0.717, 1.165) is 25.2 Å². The Kier molecular flexibility index (Phi) is 3.27. The molecule has 25 heavy (non-hydrogen) atoms. The van der Waals surface area contributed by atoms with Crippen LogP contribution in [0.25, 0.3) is 0 Å². The van der Waals surface area contributed by atoms with E-state index in [1.165, 1.54) is 22.4 Å². The number of anilines is 2. The van der Waals surface area contributed by atoms with Gasteiger partial charge in [0.2, 0.25) is 0 Å². The minimum atomic E-state index is -0.193. The molecule has 2 nitrogen and oxygen atoms in total. The molecule has 0 aliphatic carbocycles. The smallest absolute Gasteiger partial charge is 0.129 e. The molecule has 5 rings (SSSR count). The summed E-state index contributed by atoms with van der Waals surface area (Å²) in [5.74, 6) is -0.193. The molecule has 2 aliphatic heterocycles. The van der Waals surface area contributed by atoms with Gasteiger partial charge in [0, 0.05) is 24.5 Å². The topological polar surface area (TPSA) is 6.48 Å². The fraction of sp³-hybridized carbons (Fsp3) is 0.182. The van der Waals surface area contributed by atoms with E-state index in [1.54, 1.807) is 12.1 Å². The lowest BCUT2D eigenvalue weighted by atomic mass is 9.92. The van der Waals surface area contributed by atoms with Crippen molar-refractivity contribution in [3.63, 3.8) is 0 Å². The van der Waals surface area contributed by atoms with E-state index in [-0.39, 0.29) is 12.0 Å². The van der Waals surface area contributed by atoms with E-state index in [2.05, 4.69) is 58.3 Å². The quantitative estimate of drug-likeness (QED) is 0.626. The summed E-state index contributed by atoms with van der Waals surface area (Å²) in [5, 5.41) is 0. The third-order valence-corrected chi connectivity index (χ3v) is 5.35. The first-order valence-electron chi connectivity index (χ1n) is 8.76. The van der Waals surface area contributed by atoms with Crippen LogP contribution in [-0.4, -0.2) is 6.54 Å². The predicted octanol–water partition coefficient (Wildman–Crippen LogP) is 4.91. The molecule has 3 aromatic rings. The van der Waals surface area contributed by atoms with Gasteiger partial charge < -0.3 is 9.80 Å². The Morgan fingerprint density at radius 1 is 0.760 bits per heavy atom. The Morgan fingerprint density at radius 2 is 1.48 bits per heavy atom. The molecule has 1 atom stereocenters. The number of halogens is 1. The second-order valence-electron chi connectivity index (χ2n) is 6.75. The first kappa shape index (κ1) is 14.5. The second-order valence-corrected chi connectivity index (χ2v) is 6.75. The van der Waals surface area contributed by atoms with Gasteiger partial charge in [-0.1, -0.05) is 42.5 Å². The highest BCUT2D eigenvalue weighted by molar-refractivity contribution is 5.65. The van der Waals surface area contributed by atoms with Gasteiger partial charge in [-0.2, -0.15) is 0 Å². The van der Waals surface area contributed by atoms with Crippen LogP contribution < -0.4 is 9.80 Å². The molecular formula is C22H19FN2. The third kappa shape index (κ3) is 2.30. The summed E-state index contributed by atoms with van der Waals surface area (Å²) in [6.07, 6.45) is 1.21. The maximum atomic E-state index is 13.4. The molecule has 2 heterocycles. The Bertz CT molecular complexity index is 919. The van der Waals surface area contributed by atoms with Crippen LogP contribution in [0.5, 0.6) is 0 Å². The highest BCUT2D eigenvalue weighted by Crippen LogP contribution is 2.44. The third-order valence-electron chi connectivity index (χ3n) is 5.35. The average molecular weight is 330 g/mol. The number of nitrogens with zero attached hydrogens (tertiary/aromatic N) is 2. The van der Waals surface area contributed by atoms with Gasteiger partial charge >= 0.3 is 0 Å². The molecule has 0 N–H and O–H groups in total. The van der Waals surface area contributed by atoms with Gasteiger partial charge in [0.15, 0.2) is 0 Å². The van der Waals surface area contributed by atoms with E-state index >= 15 is 0 Å². The number of benzene rings is 3. The number of fused-ring (bicyclic) bond motifs is 5. The van der Waals surface area contributed by atoms with Gasteiger partial charge in [0.25, 0.3) is 0 Å². The van der Waals surface area contributed by atoms with Crippen LogP contribution in [0.15, 0.2) is 72.8 Å². The molecule has 0 radical (unpaired) electrons. The Hall–Kier alpha value is -2.81. The Morgan fingerprint density at radius 3 is 2.32 bits per heavy atom. The normalized spacial score (nSPS) is 18.4. The van der Waals surface area contributed by atoms with Crippen molar-refractivity contribution in [3.8, 4) is 0 Å². The first-order chi connectivity index (χ1) is 12.3. The molecule has 0 spiro atoms. The number of hydrogen-bond donors (Lipinski definition) is 0. The Balaban J connectivity index is 1.69. The van der Waals surface area contributed by atoms with Crippen molar-refractivity contribution < 1.29 is 4.39 Å². The maximum absolute atomic E-state index is 13.4. The van der Waals surface area contributed by atoms with Crippen LogP contribution in [0.2, 0.25) is 0 Å². The minimum absolute atomic E-state index is 0.158. The molecule has 3 aromatic carbocycles. The van der Waals surface area contributed by atoms with Crippen LogP contribution in [0.4, 0.5) is 15.8 Å². The number of para-hydroxylation sites is 1. The van der Waals surface area contributed by atoms with Gasteiger partial charge in [-0.15, -0.1) is 0 Å².